The van der Waals surface area contributed by atoms with Gasteiger partial charge in [-0.1, -0.05) is 32.0 Å². The molecule has 1 atom stereocenters. The molecule has 6 nitrogen and oxygen atoms in total. The lowest BCUT2D eigenvalue weighted by Gasteiger charge is -2.28. The molecule has 7 heteroatoms. The lowest BCUT2D eigenvalue weighted by Crippen LogP contribution is -2.41. The van der Waals surface area contributed by atoms with Gasteiger partial charge in [-0.05, 0) is 24.0 Å². The molecule has 0 saturated heterocycles. The van der Waals surface area contributed by atoms with E-state index < -0.39 is 0 Å². The van der Waals surface area contributed by atoms with Crippen LogP contribution in [0.2, 0.25) is 0 Å². The molecule has 1 N–H and O–H groups in total. The zero-order valence-corrected chi connectivity index (χ0v) is 19.8. The summed E-state index contributed by atoms with van der Waals surface area (Å²) in [4.78, 5) is 6.64. The first kappa shape index (κ1) is 22.5. The molecule has 154 valence electrons. The third-order valence-electron chi connectivity index (χ3n) is 5.05. The summed E-state index contributed by atoms with van der Waals surface area (Å²) in [6.07, 6.45) is 3.12. The second-order valence-corrected chi connectivity index (χ2v) is 7.52. The molecule has 3 rings (SSSR count). The van der Waals surface area contributed by atoms with Crippen molar-refractivity contribution < 1.29 is 4.74 Å². The molecule has 1 aromatic heterocycles. The van der Waals surface area contributed by atoms with E-state index in [1.807, 2.05) is 24.8 Å². The van der Waals surface area contributed by atoms with E-state index in [0.717, 1.165) is 43.5 Å². The van der Waals surface area contributed by atoms with Crippen molar-refractivity contribution >= 4 is 29.9 Å². The van der Waals surface area contributed by atoms with Crippen molar-refractivity contribution in [2.24, 2.45) is 12.0 Å². The van der Waals surface area contributed by atoms with Crippen molar-refractivity contribution in [3.8, 4) is 5.75 Å². The van der Waals surface area contributed by atoms with Gasteiger partial charge in [0.05, 0.1) is 12.3 Å². The van der Waals surface area contributed by atoms with E-state index in [1.54, 1.807) is 0 Å². The highest BCUT2D eigenvalue weighted by Crippen LogP contribution is 2.32. The molecule has 0 bridgehead atoms. The Morgan fingerprint density at radius 1 is 1.39 bits per heavy atom. The van der Waals surface area contributed by atoms with Crippen LogP contribution in [0, 0.1) is 0 Å². The predicted octanol–water partition coefficient (Wildman–Crippen LogP) is 3.74. The van der Waals surface area contributed by atoms with Gasteiger partial charge in [0.15, 0.2) is 5.96 Å². The molecule has 2 heterocycles. The van der Waals surface area contributed by atoms with Crippen molar-refractivity contribution in [2.45, 2.75) is 38.6 Å². The summed E-state index contributed by atoms with van der Waals surface area (Å²) in [5.41, 5.74) is 3.68. The second kappa shape index (κ2) is 10.1. The second-order valence-electron chi connectivity index (χ2n) is 7.52. The Morgan fingerprint density at radius 3 is 2.86 bits per heavy atom. The van der Waals surface area contributed by atoms with Crippen LogP contribution in [0.1, 0.15) is 48.9 Å². The van der Waals surface area contributed by atoms with Gasteiger partial charge >= 0.3 is 0 Å². The number of hydrogen-bond acceptors (Lipinski definition) is 3. The largest absolute Gasteiger partial charge is 0.493 e. The summed E-state index contributed by atoms with van der Waals surface area (Å²) >= 11 is 0. The van der Waals surface area contributed by atoms with Gasteiger partial charge in [0.1, 0.15) is 5.75 Å². The number of rotatable bonds is 5. The number of aliphatic imine (C=N–C) groups is 1. The molecule has 0 amide bonds. The number of nitrogens with zero attached hydrogens (tertiary/aromatic N) is 4. The molecular formula is C21H32IN5O. The van der Waals surface area contributed by atoms with Crippen molar-refractivity contribution in [2.75, 3.05) is 27.2 Å². The first-order valence-corrected chi connectivity index (χ1v) is 9.65. The van der Waals surface area contributed by atoms with Crippen LogP contribution in [-0.4, -0.2) is 47.9 Å². The highest BCUT2D eigenvalue weighted by Gasteiger charge is 2.22. The van der Waals surface area contributed by atoms with Crippen LogP contribution in [0.15, 0.2) is 35.5 Å². The van der Waals surface area contributed by atoms with Crippen LogP contribution in [0.4, 0.5) is 0 Å². The number of nitrogens with one attached hydrogen (secondary N) is 1. The number of benzene rings is 1. The minimum atomic E-state index is 0. The zero-order valence-electron chi connectivity index (χ0n) is 17.5. The van der Waals surface area contributed by atoms with Crippen LogP contribution < -0.4 is 10.1 Å². The lowest BCUT2D eigenvalue weighted by atomic mass is 9.93. The normalized spacial score (nSPS) is 16.2. The van der Waals surface area contributed by atoms with Crippen LogP contribution in [0.3, 0.4) is 0 Å². The Bertz CT molecular complexity index is 802. The summed E-state index contributed by atoms with van der Waals surface area (Å²) in [6, 6.07) is 8.33. The summed E-state index contributed by atoms with van der Waals surface area (Å²) in [5.74, 6) is 2.75. The third-order valence-corrected chi connectivity index (χ3v) is 5.05. The molecule has 1 aliphatic rings. The molecule has 0 saturated carbocycles. The molecular weight excluding hydrogens is 465 g/mol. The zero-order chi connectivity index (χ0) is 19.4. The van der Waals surface area contributed by atoms with Crippen molar-refractivity contribution in [3.05, 3.63) is 47.3 Å². The summed E-state index contributed by atoms with van der Waals surface area (Å²) < 4.78 is 7.67. The van der Waals surface area contributed by atoms with Crippen molar-refractivity contribution in [1.82, 2.24) is 20.0 Å². The van der Waals surface area contributed by atoms with Gasteiger partial charge in [-0.3, -0.25) is 9.67 Å². The van der Waals surface area contributed by atoms with Crippen molar-refractivity contribution in [1.29, 1.82) is 0 Å². The van der Waals surface area contributed by atoms with E-state index in [9.17, 15) is 0 Å². The number of halogens is 1. The fourth-order valence-electron chi connectivity index (χ4n) is 3.72. The van der Waals surface area contributed by atoms with Crippen molar-refractivity contribution in [3.63, 3.8) is 0 Å². The molecule has 1 aromatic carbocycles. The van der Waals surface area contributed by atoms with Crippen LogP contribution >= 0.6 is 24.0 Å². The number of ether oxygens (including phenoxy) is 1. The van der Waals surface area contributed by atoms with Gasteiger partial charge in [0.25, 0.3) is 0 Å². The number of aromatic nitrogens is 2. The Morgan fingerprint density at radius 2 is 2.14 bits per heavy atom. The third kappa shape index (κ3) is 5.18. The molecule has 2 aromatic rings. The molecule has 1 aliphatic heterocycles. The SMILES string of the molecule is CN=C(NCC1CCOc2ccccc21)N(C)Cc1cn(C)nc1C(C)C.I. The van der Waals surface area contributed by atoms with E-state index in [-0.39, 0.29) is 24.0 Å². The average Bonchev–Trinajstić information content (AvgIpc) is 3.02. The number of aryl methyl sites for hydroxylation is 1. The smallest absolute Gasteiger partial charge is 0.193 e. The van der Waals surface area contributed by atoms with Gasteiger partial charge in [-0.25, -0.2) is 0 Å². The first-order valence-electron chi connectivity index (χ1n) is 9.65. The Kier molecular flexibility index (Phi) is 8.15. The summed E-state index contributed by atoms with van der Waals surface area (Å²) in [6.45, 7) is 6.76. The number of guanidine groups is 1. The monoisotopic (exact) mass is 497 g/mol. The highest BCUT2D eigenvalue weighted by atomic mass is 127. The van der Waals surface area contributed by atoms with Crippen LogP contribution in [-0.2, 0) is 13.6 Å². The van der Waals surface area contributed by atoms with E-state index >= 15 is 0 Å². The minimum Gasteiger partial charge on any atom is -0.493 e. The fraction of sp³-hybridized carbons (Fsp3) is 0.524. The van der Waals surface area contributed by atoms with E-state index in [4.69, 9.17) is 4.74 Å². The lowest BCUT2D eigenvalue weighted by molar-refractivity contribution is 0.266. The molecule has 1 unspecified atom stereocenters. The van der Waals surface area contributed by atoms with Gasteiger partial charge in [-0.2, -0.15) is 5.10 Å². The Balaban J connectivity index is 0.00000280. The van der Waals surface area contributed by atoms with E-state index in [1.165, 1.54) is 11.1 Å². The molecule has 0 spiro atoms. The molecule has 28 heavy (non-hydrogen) atoms. The summed E-state index contributed by atoms with van der Waals surface area (Å²) in [7, 11) is 5.89. The maximum Gasteiger partial charge on any atom is 0.193 e. The summed E-state index contributed by atoms with van der Waals surface area (Å²) in [5, 5.41) is 8.16. The van der Waals surface area contributed by atoms with Gasteiger partial charge in [-0.15, -0.1) is 24.0 Å². The van der Waals surface area contributed by atoms with Crippen LogP contribution in [0.5, 0.6) is 5.75 Å². The average molecular weight is 497 g/mol. The number of para-hydroxylation sites is 1. The van der Waals surface area contributed by atoms with Gasteiger partial charge < -0.3 is 15.0 Å². The topological polar surface area (TPSA) is 54.7 Å². The van der Waals surface area contributed by atoms with E-state index in [2.05, 4.69) is 65.6 Å². The molecule has 0 fully saturated rings. The first-order chi connectivity index (χ1) is 13.0. The minimum absolute atomic E-state index is 0. The Hall–Kier alpha value is -1.77. The fourth-order valence-corrected chi connectivity index (χ4v) is 3.72. The van der Waals surface area contributed by atoms with Gasteiger partial charge in [0, 0.05) is 51.9 Å². The number of fused-ring (bicyclic) bond motifs is 1. The van der Waals surface area contributed by atoms with E-state index in [0.29, 0.717) is 11.8 Å². The quantitative estimate of drug-likeness (QED) is 0.389. The van der Waals surface area contributed by atoms with Gasteiger partial charge in [0.2, 0.25) is 0 Å². The molecule has 0 radical (unpaired) electrons. The number of hydrogen-bond donors (Lipinski definition) is 1. The molecule has 0 aliphatic carbocycles. The predicted molar refractivity (Wildman–Crippen MR) is 125 cm³/mol. The maximum atomic E-state index is 5.77. The standard InChI is InChI=1S/C21H31N5O.HI/c1-15(2)20-17(14-26(5)24-20)13-25(4)21(22-3)23-12-16-10-11-27-19-9-7-6-8-18(16)19;/h6-9,14-16H,10-13H2,1-5H3,(H,22,23);1H. The Labute approximate surface area is 185 Å². The maximum absolute atomic E-state index is 5.77. The van der Waals surface area contributed by atoms with Crippen LogP contribution in [0.25, 0.3) is 0 Å². The highest BCUT2D eigenvalue weighted by molar-refractivity contribution is 14.0.